The normalized spacial score (nSPS) is 31.0. The highest BCUT2D eigenvalue weighted by Gasteiger charge is 2.53. The van der Waals surface area contributed by atoms with Crippen molar-refractivity contribution in [3.05, 3.63) is 53.6 Å². The fraction of sp³-hybridized carbons (Fsp3) is 0.484. The van der Waals surface area contributed by atoms with E-state index >= 15 is 0 Å². The lowest BCUT2D eigenvalue weighted by molar-refractivity contribution is -0.353. The number of ether oxygens (including phenoxy) is 6. The van der Waals surface area contributed by atoms with Crippen LogP contribution in [0.4, 0.5) is 0 Å². The zero-order valence-electron chi connectivity index (χ0n) is 25.4. The summed E-state index contributed by atoms with van der Waals surface area (Å²) in [5.41, 5.74) is 0.876. The number of aryl methyl sites for hydroxylation is 1. The lowest BCUT2D eigenvalue weighted by Gasteiger charge is -2.46. The second-order valence-electron chi connectivity index (χ2n) is 11.0. The van der Waals surface area contributed by atoms with Crippen LogP contribution in [0.25, 0.3) is 6.08 Å². The number of rotatable bonds is 11. The van der Waals surface area contributed by atoms with E-state index in [2.05, 4.69) is 0 Å². The molecule has 2 saturated heterocycles. The number of methoxy groups -OCH3 is 1. The van der Waals surface area contributed by atoms with Gasteiger partial charge < -0.3 is 69.3 Å². The molecule has 4 rings (SSSR count). The van der Waals surface area contributed by atoms with Crippen LogP contribution in [0.2, 0.25) is 0 Å². The van der Waals surface area contributed by atoms with E-state index in [1.54, 1.807) is 6.07 Å². The number of aliphatic hydroxyl groups is 5. The number of hydrogen-bond acceptors (Lipinski definition) is 16. The van der Waals surface area contributed by atoms with E-state index in [-0.39, 0.29) is 35.8 Å². The molecular weight excluding hydrogens is 628 g/mol. The highest BCUT2D eigenvalue weighted by atomic mass is 16.7. The van der Waals surface area contributed by atoms with E-state index in [4.69, 9.17) is 28.4 Å². The van der Waals surface area contributed by atoms with Crippen molar-refractivity contribution in [2.45, 2.75) is 81.2 Å². The van der Waals surface area contributed by atoms with E-state index in [0.29, 0.717) is 11.1 Å². The van der Waals surface area contributed by atoms with E-state index < -0.39 is 80.0 Å². The number of aromatic hydroxyl groups is 3. The Balaban J connectivity index is 1.52. The summed E-state index contributed by atoms with van der Waals surface area (Å²) in [4.78, 5) is 25.6. The molecule has 2 aromatic carbocycles. The van der Waals surface area contributed by atoms with Crippen molar-refractivity contribution < 1.29 is 78.9 Å². The van der Waals surface area contributed by atoms with Gasteiger partial charge in [-0.3, -0.25) is 4.79 Å². The van der Waals surface area contributed by atoms with E-state index in [0.717, 1.165) is 6.08 Å². The molecule has 0 aromatic heterocycles. The van der Waals surface area contributed by atoms with Crippen molar-refractivity contribution in [3.8, 4) is 23.0 Å². The van der Waals surface area contributed by atoms with Crippen molar-refractivity contribution in [3.63, 3.8) is 0 Å². The molecule has 258 valence electrons. The first kappa shape index (κ1) is 35.8. The Labute approximate surface area is 268 Å². The minimum atomic E-state index is -1.91. The molecule has 0 amide bonds. The summed E-state index contributed by atoms with van der Waals surface area (Å²) in [6, 6.07) is 8.32. The van der Waals surface area contributed by atoms with Crippen LogP contribution in [-0.4, -0.2) is 128 Å². The van der Waals surface area contributed by atoms with E-state index in [1.165, 1.54) is 50.4 Å². The van der Waals surface area contributed by atoms with Gasteiger partial charge in [0.25, 0.3) is 0 Å². The molecule has 16 heteroatoms. The lowest BCUT2D eigenvalue weighted by atomic mass is 9.97. The highest BCUT2D eigenvalue weighted by molar-refractivity contribution is 5.87. The van der Waals surface area contributed by atoms with E-state index in [9.17, 15) is 50.4 Å². The molecular formula is C31H38O16. The Morgan fingerprint density at radius 2 is 1.57 bits per heavy atom. The third kappa shape index (κ3) is 8.68. The molecule has 0 saturated carbocycles. The predicted octanol–water partition coefficient (Wildman–Crippen LogP) is -0.796. The molecule has 2 fully saturated rings. The van der Waals surface area contributed by atoms with Crippen LogP contribution in [0.5, 0.6) is 23.0 Å². The highest BCUT2D eigenvalue weighted by Crippen LogP contribution is 2.32. The number of hydrogen-bond donors (Lipinski definition) is 8. The number of esters is 2. The van der Waals surface area contributed by atoms with Crippen molar-refractivity contribution in [2.24, 2.45) is 0 Å². The van der Waals surface area contributed by atoms with Gasteiger partial charge in [0, 0.05) is 12.5 Å². The first-order chi connectivity index (χ1) is 22.3. The van der Waals surface area contributed by atoms with Crippen LogP contribution < -0.4 is 4.74 Å². The summed E-state index contributed by atoms with van der Waals surface area (Å²) >= 11 is 0. The first-order valence-electron chi connectivity index (χ1n) is 14.6. The summed E-state index contributed by atoms with van der Waals surface area (Å²) in [7, 11) is 1.37. The average Bonchev–Trinajstić information content (AvgIpc) is 3.04. The van der Waals surface area contributed by atoms with Gasteiger partial charge in [-0.15, -0.1) is 0 Å². The zero-order valence-corrected chi connectivity index (χ0v) is 25.4. The van der Waals surface area contributed by atoms with Gasteiger partial charge in [-0.1, -0.05) is 12.1 Å². The van der Waals surface area contributed by atoms with E-state index in [1.807, 2.05) is 0 Å². The molecule has 16 nitrogen and oxygen atoms in total. The van der Waals surface area contributed by atoms with Crippen LogP contribution in [0, 0.1) is 0 Å². The van der Waals surface area contributed by atoms with Gasteiger partial charge in [-0.2, -0.15) is 0 Å². The van der Waals surface area contributed by atoms with Crippen LogP contribution in [-0.2, 0) is 39.7 Å². The SMILES string of the molecule is COc1ccc(/C=C/C(=O)O[C@H]2[C@H](O[C@@H]3O[C@@H](C)[C@H](O)[C@@H](O)[C@H]3O)[C@@H](O)[C@H](OC(=O)CCc3ccc(O)c(O)c3)O[C@@H]2CO)cc1O. The van der Waals surface area contributed by atoms with Gasteiger partial charge in [0.1, 0.15) is 36.6 Å². The van der Waals surface area contributed by atoms with Gasteiger partial charge >= 0.3 is 11.9 Å². The maximum absolute atomic E-state index is 12.9. The fourth-order valence-electron chi connectivity index (χ4n) is 5.02. The molecule has 8 N–H and O–H groups in total. The Morgan fingerprint density at radius 3 is 2.23 bits per heavy atom. The summed E-state index contributed by atoms with van der Waals surface area (Å²) in [6.07, 6.45) is -14.1. The second kappa shape index (κ2) is 15.7. The summed E-state index contributed by atoms with van der Waals surface area (Å²) in [5, 5.41) is 81.4. The van der Waals surface area contributed by atoms with Gasteiger partial charge in [0.15, 0.2) is 35.4 Å². The van der Waals surface area contributed by atoms with Gasteiger partial charge in [0.05, 0.1) is 19.8 Å². The average molecular weight is 667 g/mol. The predicted molar refractivity (Wildman–Crippen MR) is 157 cm³/mol. The minimum absolute atomic E-state index is 0.0671. The fourth-order valence-corrected chi connectivity index (χ4v) is 5.02. The quantitative estimate of drug-likeness (QED) is 0.0830. The molecule has 10 atom stereocenters. The molecule has 0 unspecified atom stereocenters. The molecule has 2 aromatic rings. The molecule has 0 aliphatic carbocycles. The number of carbonyl (C=O) groups excluding carboxylic acids is 2. The minimum Gasteiger partial charge on any atom is -0.504 e. The standard InChI is InChI=1S/C31H38O16/c1-14-24(38)25(39)26(40)30(43-14)47-29-27(41)31(46-23(37)10-6-15-3-7-17(33)18(34)11-15)44-21(13-32)28(29)45-22(36)9-5-16-4-8-20(42-2)19(35)12-16/h3-5,7-9,11-12,14,21,24-35,38-41H,6,10,13H2,1-2H3/b9-5+/t14-,21+,24-,25+,26+,27+,28+,29+,30-,31-/m0/s1. The molecule has 47 heavy (non-hydrogen) atoms. The second-order valence-corrected chi connectivity index (χ2v) is 11.0. The maximum Gasteiger partial charge on any atom is 0.331 e. The van der Waals surface area contributed by atoms with Crippen LogP contribution in [0.15, 0.2) is 42.5 Å². The van der Waals surface area contributed by atoms with Gasteiger partial charge in [-0.25, -0.2) is 4.79 Å². The van der Waals surface area contributed by atoms with Crippen LogP contribution in [0.3, 0.4) is 0 Å². The number of phenolic OH excluding ortho intramolecular Hbond substituents is 3. The Kier molecular flexibility index (Phi) is 12.0. The van der Waals surface area contributed by atoms with Crippen LogP contribution >= 0.6 is 0 Å². The third-order valence-electron chi connectivity index (χ3n) is 7.67. The molecule has 2 heterocycles. The molecule has 0 spiro atoms. The first-order valence-corrected chi connectivity index (χ1v) is 14.6. The van der Waals surface area contributed by atoms with Gasteiger partial charge in [-0.05, 0) is 54.8 Å². The van der Waals surface area contributed by atoms with Gasteiger partial charge in [0.2, 0.25) is 6.29 Å². The summed E-state index contributed by atoms with van der Waals surface area (Å²) < 4.78 is 32.6. The van der Waals surface area contributed by atoms with Crippen molar-refractivity contribution in [1.82, 2.24) is 0 Å². The smallest absolute Gasteiger partial charge is 0.331 e. The lowest BCUT2D eigenvalue weighted by Crippen LogP contribution is -2.65. The Morgan fingerprint density at radius 1 is 0.830 bits per heavy atom. The van der Waals surface area contributed by atoms with Crippen molar-refractivity contribution >= 4 is 18.0 Å². The van der Waals surface area contributed by atoms with Crippen LogP contribution in [0.1, 0.15) is 24.5 Å². The third-order valence-corrected chi connectivity index (χ3v) is 7.67. The molecule has 2 aliphatic heterocycles. The summed E-state index contributed by atoms with van der Waals surface area (Å²) in [5.74, 6) is -2.59. The number of carbonyl (C=O) groups is 2. The summed E-state index contributed by atoms with van der Waals surface area (Å²) in [6.45, 7) is 0.567. The monoisotopic (exact) mass is 666 g/mol. The molecule has 2 aliphatic rings. The number of aliphatic hydroxyl groups excluding tert-OH is 5. The van der Waals surface area contributed by atoms with Crippen molar-refractivity contribution in [2.75, 3.05) is 13.7 Å². The Bertz CT molecular complexity index is 1410. The molecule has 0 radical (unpaired) electrons. The topological polar surface area (TPSA) is 251 Å². The largest absolute Gasteiger partial charge is 0.504 e. The molecule has 0 bridgehead atoms. The Hall–Kier alpha value is -4.00. The number of phenols is 3. The maximum atomic E-state index is 12.9. The van der Waals surface area contributed by atoms with Crippen molar-refractivity contribution in [1.29, 1.82) is 0 Å². The number of benzene rings is 2. The zero-order chi connectivity index (χ0) is 34.4.